The van der Waals surface area contributed by atoms with Crippen molar-refractivity contribution in [3.05, 3.63) is 59.7 Å². The Bertz CT molecular complexity index is 1010. The van der Waals surface area contributed by atoms with E-state index in [1.165, 1.54) is 0 Å². The third kappa shape index (κ3) is 6.39. The van der Waals surface area contributed by atoms with E-state index in [2.05, 4.69) is 22.8 Å². The number of hydrogen-bond donors (Lipinski definition) is 3. The van der Waals surface area contributed by atoms with Crippen molar-refractivity contribution in [1.82, 2.24) is 15.5 Å². The SMILES string of the molecule is CCC(C)C(NC(=O)OCC1c2ccccc2-c2ccccc21)C(=O)NC(CCN(C)C)C(=O)O. The van der Waals surface area contributed by atoms with E-state index in [0.717, 1.165) is 22.3 Å². The number of aliphatic carboxylic acids is 1. The van der Waals surface area contributed by atoms with E-state index >= 15 is 0 Å². The number of carboxylic acid groups (broad SMARTS) is 1. The Balaban J connectivity index is 1.66. The average Bonchev–Trinajstić information content (AvgIpc) is 3.16. The zero-order valence-corrected chi connectivity index (χ0v) is 20.8. The van der Waals surface area contributed by atoms with Crippen LogP contribution < -0.4 is 10.6 Å². The standard InChI is InChI=1S/C27H35N3O5/c1-5-17(2)24(25(31)28-23(26(32)33)14-15-30(3)4)29-27(34)35-16-22-20-12-8-6-10-18(20)19-11-7-9-13-21(19)22/h6-13,17,22-24H,5,14-16H2,1-4H3,(H,28,31)(H,29,34)(H,32,33). The van der Waals surface area contributed by atoms with Crippen LogP contribution >= 0.6 is 0 Å². The number of amides is 2. The highest BCUT2D eigenvalue weighted by Crippen LogP contribution is 2.44. The van der Waals surface area contributed by atoms with Crippen molar-refractivity contribution in [2.24, 2.45) is 5.92 Å². The van der Waals surface area contributed by atoms with Crippen molar-refractivity contribution < 1.29 is 24.2 Å². The molecule has 3 rings (SSSR count). The van der Waals surface area contributed by atoms with E-state index in [0.29, 0.717) is 13.0 Å². The summed E-state index contributed by atoms with van der Waals surface area (Å²) in [5.74, 6) is -1.94. The summed E-state index contributed by atoms with van der Waals surface area (Å²) in [6.07, 6.45) is 0.177. The Kier molecular flexibility index (Phi) is 8.87. The highest BCUT2D eigenvalue weighted by Gasteiger charge is 2.32. The van der Waals surface area contributed by atoms with Crippen LogP contribution in [0.4, 0.5) is 4.79 Å². The Labute approximate surface area is 206 Å². The molecule has 0 spiro atoms. The quantitative estimate of drug-likeness (QED) is 0.454. The maximum Gasteiger partial charge on any atom is 0.407 e. The van der Waals surface area contributed by atoms with Gasteiger partial charge in [-0.05, 0) is 48.7 Å². The van der Waals surface area contributed by atoms with Crippen LogP contribution in [0.3, 0.4) is 0 Å². The summed E-state index contributed by atoms with van der Waals surface area (Å²) < 4.78 is 5.59. The minimum atomic E-state index is -1.11. The van der Waals surface area contributed by atoms with Crippen molar-refractivity contribution >= 4 is 18.0 Å². The number of rotatable bonds is 11. The zero-order valence-electron chi connectivity index (χ0n) is 20.8. The second-order valence-corrected chi connectivity index (χ2v) is 9.32. The number of benzene rings is 2. The van der Waals surface area contributed by atoms with E-state index in [4.69, 9.17) is 4.74 Å². The van der Waals surface area contributed by atoms with Gasteiger partial charge in [-0.25, -0.2) is 9.59 Å². The van der Waals surface area contributed by atoms with Crippen LogP contribution in [0.1, 0.15) is 43.7 Å². The molecule has 1 aliphatic rings. The summed E-state index contributed by atoms with van der Waals surface area (Å²) in [6.45, 7) is 4.38. The number of nitrogens with one attached hydrogen (secondary N) is 2. The van der Waals surface area contributed by atoms with E-state index in [1.807, 2.05) is 69.2 Å². The van der Waals surface area contributed by atoms with Gasteiger partial charge in [-0.3, -0.25) is 4.79 Å². The summed E-state index contributed by atoms with van der Waals surface area (Å²) >= 11 is 0. The molecule has 0 bridgehead atoms. The number of ether oxygens (including phenoxy) is 1. The molecule has 0 aliphatic heterocycles. The summed E-state index contributed by atoms with van der Waals surface area (Å²) in [4.78, 5) is 39.2. The van der Waals surface area contributed by atoms with Crippen LogP contribution in [0.15, 0.2) is 48.5 Å². The van der Waals surface area contributed by atoms with Crippen LogP contribution in [0, 0.1) is 5.92 Å². The first-order valence-corrected chi connectivity index (χ1v) is 12.0. The lowest BCUT2D eigenvalue weighted by atomic mass is 9.97. The van der Waals surface area contributed by atoms with Gasteiger partial charge in [0.2, 0.25) is 5.91 Å². The Morgan fingerprint density at radius 2 is 1.57 bits per heavy atom. The first-order valence-electron chi connectivity index (χ1n) is 12.0. The highest BCUT2D eigenvalue weighted by molar-refractivity contribution is 5.89. The summed E-state index contributed by atoms with van der Waals surface area (Å²) in [5.41, 5.74) is 4.46. The number of carbonyl (C=O) groups is 3. The minimum absolute atomic E-state index is 0.0913. The normalized spacial score (nSPS) is 15.0. The summed E-state index contributed by atoms with van der Waals surface area (Å²) in [6, 6.07) is 14.2. The van der Waals surface area contributed by atoms with Gasteiger partial charge in [-0.15, -0.1) is 0 Å². The number of carbonyl (C=O) groups excluding carboxylic acids is 2. The zero-order chi connectivity index (χ0) is 25.5. The molecular formula is C27H35N3O5. The molecule has 0 radical (unpaired) electrons. The molecule has 0 heterocycles. The Morgan fingerprint density at radius 1 is 1.00 bits per heavy atom. The monoisotopic (exact) mass is 481 g/mol. The van der Waals surface area contributed by atoms with Crippen molar-refractivity contribution in [3.8, 4) is 11.1 Å². The average molecular weight is 482 g/mol. The predicted molar refractivity (Wildman–Crippen MR) is 134 cm³/mol. The molecule has 35 heavy (non-hydrogen) atoms. The molecular weight excluding hydrogens is 446 g/mol. The Hall–Kier alpha value is -3.39. The lowest BCUT2D eigenvalue weighted by Crippen LogP contribution is -2.54. The molecule has 3 atom stereocenters. The van der Waals surface area contributed by atoms with Gasteiger partial charge in [0, 0.05) is 12.5 Å². The second-order valence-electron chi connectivity index (χ2n) is 9.32. The summed E-state index contributed by atoms with van der Waals surface area (Å²) in [5, 5.41) is 14.8. The molecule has 188 valence electrons. The molecule has 8 nitrogen and oxygen atoms in total. The van der Waals surface area contributed by atoms with E-state index in [1.54, 1.807) is 0 Å². The van der Waals surface area contributed by atoms with Gasteiger partial charge >= 0.3 is 12.1 Å². The second kappa shape index (κ2) is 11.8. The van der Waals surface area contributed by atoms with Crippen molar-refractivity contribution in [3.63, 3.8) is 0 Å². The van der Waals surface area contributed by atoms with Crippen molar-refractivity contribution in [1.29, 1.82) is 0 Å². The maximum absolute atomic E-state index is 13.0. The van der Waals surface area contributed by atoms with Gasteiger partial charge in [0.05, 0.1) is 0 Å². The lowest BCUT2D eigenvalue weighted by molar-refractivity contribution is -0.142. The predicted octanol–water partition coefficient (Wildman–Crippen LogP) is 3.46. The van der Waals surface area contributed by atoms with Crippen LogP contribution in [0.2, 0.25) is 0 Å². The van der Waals surface area contributed by atoms with E-state index < -0.39 is 30.1 Å². The maximum atomic E-state index is 13.0. The van der Waals surface area contributed by atoms with Gasteiger partial charge in [0.1, 0.15) is 18.7 Å². The van der Waals surface area contributed by atoms with Gasteiger partial charge in [0.15, 0.2) is 0 Å². The lowest BCUT2D eigenvalue weighted by Gasteiger charge is -2.26. The molecule has 0 fully saturated rings. The molecule has 1 aliphatic carbocycles. The number of hydrogen-bond acceptors (Lipinski definition) is 5. The molecule has 8 heteroatoms. The van der Waals surface area contributed by atoms with Gasteiger partial charge in [0.25, 0.3) is 0 Å². The van der Waals surface area contributed by atoms with Crippen molar-refractivity contribution in [2.45, 2.75) is 44.7 Å². The third-order valence-electron chi connectivity index (χ3n) is 6.59. The van der Waals surface area contributed by atoms with Crippen LogP contribution in [0.5, 0.6) is 0 Å². The van der Waals surface area contributed by atoms with Crippen LogP contribution in [0.25, 0.3) is 11.1 Å². The van der Waals surface area contributed by atoms with E-state index in [9.17, 15) is 19.5 Å². The van der Waals surface area contributed by atoms with Gasteiger partial charge in [-0.2, -0.15) is 0 Å². The number of nitrogens with zero attached hydrogens (tertiary/aromatic N) is 1. The van der Waals surface area contributed by atoms with E-state index in [-0.39, 0.29) is 24.9 Å². The molecule has 0 aromatic heterocycles. The molecule has 3 unspecified atom stereocenters. The smallest absolute Gasteiger partial charge is 0.407 e. The van der Waals surface area contributed by atoms with Crippen LogP contribution in [-0.4, -0.2) is 67.3 Å². The Morgan fingerprint density at radius 3 is 2.09 bits per heavy atom. The molecule has 2 aromatic rings. The first kappa shape index (κ1) is 26.2. The molecule has 0 saturated heterocycles. The number of carboxylic acids is 1. The number of fused-ring (bicyclic) bond motifs is 3. The first-order chi connectivity index (χ1) is 16.7. The highest BCUT2D eigenvalue weighted by atomic mass is 16.5. The fourth-order valence-corrected chi connectivity index (χ4v) is 4.38. The van der Waals surface area contributed by atoms with Gasteiger partial charge in [-0.1, -0.05) is 68.8 Å². The fraction of sp³-hybridized carbons (Fsp3) is 0.444. The number of alkyl carbamates (subject to hydrolysis) is 1. The third-order valence-corrected chi connectivity index (χ3v) is 6.59. The van der Waals surface area contributed by atoms with Crippen molar-refractivity contribution in [2.75, 3.05) is 27.2 Å². The van der Waals surface area contributed by atoms with Crippen LogP contribution in [-0.2, 0) is 14.3 Å². The fourth-order valence-electron chi connectivity index (χ4n) is 4.38. The van der Waals surface area contributed by atoms with Gasteiger partial charge < -0.3 is 25.4 Å². The largest absolute Gasteiger partial charge is 0.480 e. The summed E-state index contributed by atoms with van der Waals surface area (Å²) in [7, 11) is 3.67. The topological polar surface area (TPSA) is 108 Å². The molecule has 0 saturated carbocycles. The molecule has 3 N–H and O–H groups in total. The molecule has 2 aromatic carbocycles. The molecule has 2 amide bonds. The minimum Gasteiger partial charge on any atom is -0.480 e.